The van der Waals surface area contributed by atoms with Crippen molar-refractivity contribution in [2.75, 3.05) is 0 Å². The fourth-order valence-corrected chi connectivity index (χ4v) is 2.66. The van der Waals surface area contributed by atoms with Gasteiger partial charge < -0.3 is 14.3 Å². The minimum Gasteiger partial charge on any atom is -0.461 e. The summed E-state index contributed by atoms with van der Waals surface area (Å²) < 4.78 is 10.7. The first-order valence-electron chi connectivity index (χ1n) is 8.61. The summed E-state index contributed by atoms with van der Waals surface area (Å²) in [5.41, 5.74) is 0.974. The molecule has 0 fully saturated rings. The number of carbonyl (C=O) groups is 1. The zero-order valence-electron chi connectivity index (χ0n) is 15.2. The molecule has 0 bridgehead atoms. The van der Waals surface area contributed by atoms with Crippen molar-refractivity contribution in [3.63, 3.8) is 0 Å². The van der Waals surface area contributed by atoms with E-state index in [-0.39, 0.29) is 11.3 Å². The molecule has 1 aromatic carbocycles. The summed E-state index contributed by atoms with van der Waals surface area (Å²) in [6.45, 7) is 6.08. The fraction of sp³-hybridized carbons (Fsp3) is 0.350. The lowest BCUT2D eigenvalue weighted by molar-refractivity contribution is -0.123. The summed E-state index contributed by atoms with van der Waals surface area (Å²) in [6, 6.07) is 13.0. The Balaban J connectivity index is 1.81. The Kier molecular flexibility index (Phi) is 5.21. The third-order valence-corrected chi connectivity index (χ3v) is 3.79. The van der Waals surface area contributed by atoms with Crippen LogP contribution in [0.5, 0.6) is 0 Å². The Morgan fingerprint density at radius 1 is 1.15 bits per heavy atom. The van der Waals surface area contributed by atoms with Crippen LogP contribution >= 0.6 is 0 Å². The molecule has 0 aliphatic rings. The lowest BCUT2D eigenvalue weighted by atomic mass is 9.91. The average molecular weight is 353 g/mol. The van der Waals surface area contributed by atoms with Gasteiger partial charge in [0.15, 0.2) is 5.76 Å². The minimum absolute atomic E-state index is 0.0452. The highest BCUT2D eigenvalue weighted by Crippen LogP contribution is 2.23. The molecule has 2 aromatic heterocycles. The number of carbonyl (C=O) groups excluding carboxylic acids is 1. The lowest BCUT2D eigenvalue weighted by Gasteiger charge is -2.20. The van der Waals surface area contributed by atoms with Gasteiger partial charge in [-0.3, -0.25) is 4.79 Å². The highest BCUT2D eigenvalue weighted by Gasteiger charge is 2.25. The van der Waals surface area contributed by atoms with Crippen LogP contribution in [0.2, 0.25) is 0 Å². The summed E-state index contributed by atoms with van der Waals surface area (Å²) in [5, 5.41) is 7.00. The number of nitrogens with zero attached hydrogens (tertiary/aromatic N) is 2. The maximum Gasteiger partial charge on any atom is 0.249 e. The summed E-state index contributed by atoms with van der Waals surface area (Å²) in [4.78, 5) is 16.9. The van der Waals surface area contributed by atoms with Crippen LogP contribution in [0, 0.1) is 5.41 Å². The second-order valence-electron chi connectivity index (χ2n) is 7.48. The van der Waals surface area contributed by atoms with E-state index in [9.17, 15) is 4.79 Å². The predicted octanol–water partition coefficient (Wildman–Crippen LogP) is 4.17. The van der Waals surface area contributed by atoms with E-state index < -0.39 is 6.04 Å². The Morgan fingerprint density at radius 2 is 1.92 bits per heavy atom. The summed E-state index contributed by atoms with van der Waals surface area (Å²) in [6.07, 6.45) is 2.53. The summed E-state index contributed by atoms with van der Waals surface area (Å²) in [5.74, 6) is 1.21. The van der Waals surface area contributed by atoms with Crippen LogP contribution in [0.3, 0.4) is 0 Å². The van der Waals surface area contributed by atoms with Gasteiger partial charge in [-0.2, -0.15) is 4.98 Å². The first-order valence-corrected chi connectivity index (χ1v) is 8.61. The van der Waals surface area contributed by atoms with Gasteiger partial charge in [0.1, 0.15) is 6.04 Å². The Hall–Kier alpha value is -2.89. The van der Waals surface area contributed by atoms with Crippen LogP contribution in [0.4, 0.5) is 0 Å². The largest absolute Gasteiger partial charge is 0.461 e. The van der Waals surface area contributed by atoms with Gasteiger partial charge in [-0.25, -0.2) is 0 Å². The van der Waals surface area contributed by atoms with Crippen molar-refractivity contribution in [2.45, 2.75) is 39.7 Å². The Morgan fingerprint density at radius 3 is 2.58 bits per heavy atom. The van der Waals surface area contributed by atoms with Gasteiger partial charge in [0.05, 0.1) is 6.26 Å². The predicted molar refractivity (Wildman–Crippen MR) is 97.1 cm³/mol. The molecule has 0 unspecified atom stereocenters. The number of amides is 1. The molecule has 0 spiro atoms. The van der Waals surface area contributed by atoms with Crippen molar-refractivity contribution < 1.29 is 13.7 Å². The monoisotopic (exact) mass is 353 g/mol. The van der Waals surface area contributed by atoms with Crippen LogP contribution in [-0.4, -0.2) is 16.0 Å². The molecule has 3 rings (SSSR count). The van der Waals surface area contributed by atoms with E-state index in [1.807, 2.05) is 51.1 Å². The molecule has 0 radical (unpaired) electrons. The van der Waals surface area contributed by atoms with Gasteiger partial charge in [-0.05, 0) is 23.1 Å². The smallest absolute Gasteiger partial charge is 0.249 e. The second kappa shape index (κ2) is 7.56. The molecule has 1 atom stereocenters. The van der Waals surface area contributed by atoms with Crippen LogP contribution in [0.25, 0.3) is 11.6 Å². The quantitative estimate of drug-likeness (QED) is 0.719. The third kappa shape index (κ3) is 4.81. The highest BCUT2D eigenvalue weighted by atomic mass is 16.5. The number of aromatic nitrogens is 2. The zero-order chi connectivity index (χ0) is 18.6. The normalized spacial score (nSPS) is 12.7. The molecule has 0 saturated carbocycles. The number of benzene rings is 1. The van der Waals surface area contributed by atoms with E-state index in [4.69, 9.17) is 8.94 Å². The maximum atomic E-state index is 12.4. The zero-order valence-corrected chi connectivity index (χ0v) is 15.2. The molecular formula is C20H23N3O3. The van der Waals surface area contributed by atoms with E-state index in [1.165, 1.54) is 0 Å². The van der Waals surface area contributed by atoms with E-state index >= 15 is 0 Å². The van der Waals surface area contributed by atoms with Gasteiger partial charge in [0, 0.05) is 12.8 Å². The van der Waals surface area contributed by atoms with Crippen molar-refractivity contribution in [3.8, 4) is 11.6 Å². The number of rotatable bonds is 6. The Labute approximate surface area is 152 Å². The van der Waals surface area contributed by atoms with Crippen molar-refractivity contribution in [1.82, 2.24) is 15.5 Å². The van der Waals surface area contributed by atoms with Crippen molar-refractivity contribution in [3.05, 3.63) is 60.2 Å². The van der Waals surface area contributed by atoms with Gasteiger partial charge >= 0.3 is 0 Å². The van der Waals surface area contributed by atoms with Gasteiger partial charge in [0.25, 0.3) is 0 Å². The van der Waals surface area contributed by atoms with Crippen LogP contribution in [0.1, 0.15) is 44.7 Å². The van der Waals surface area contributed by atoms with Crippen LogP contribution < -0.4 is 5.32 Å². The minimum atomic E-state index is -0.400. The first-order chi connectivity index (χ1) is 12.4. The molecule has 1 N–H and O–H groups in total. The standard InChI is InChI=1S/C20H23N3O3/c1-20(2,3)13-17(24)21-15(12-14-8-5-4-6-9-14)19-22-18(23-26-19)16-10-7-11-25-16/h4-11,15H,12-13H2,1-3H3,(H,21,24)/t15-/m0/s1. The van der Waals surface area contributed by atoms with Crippen molar-refractivity contribution in [2.24, 2.45) is 5.41 Å². The molecule has 26 heavy (non-hydrogen) atoms. The molecule has 0 aliphatic carbocycles. The fourth-order valence-electron chi connectivity index (χ4n) is 2.66. The molecular weight excluding hydrogens is 330 g/mol. The molecule has 6 nitrogen and oxygen atoms in total. The van der Waals surface area contributed by atoms with Crippen molar-refractivity contribution in [1.29, 1.82) is 0 Å². The lowest BCUT2D eigenvalue weighted by Crippen LogP contribution is -2.32. The second-order valence-corrected chi connectivity index (χ2v) is 7.48. The van der Waals surface area contributed by atoms with E-state index in [0.717, 1.165) is 5.56 Å². The summed E-state index contributed by atoms with van der Waals surface area (Å²) in [7, 11) is 0. The van der Waals surface area contributed by atoms with Gasteiger partial charge in [0.2, 0.25) is 17.6 Å². The number of furan rings is 1. The van der Waals surface area contributed by atoms with Crippen molar-refractivity contribution >= 4 is 5.91 Å². The topological polar surface area (TPSA) is 81.2 Å². The van der Waals surface area contributed by atoms with E-state index in [0.29, 0.717) is 30.3 Å². The van der Waals surface area contributed by atoms with Crippen LogP contribution in [-0.2, 0) is 11.2 Å². The first kappa shape index (κ1) is 17.9. The average Bonchev–Trinajstić information content (AvgIpc) is 3.25. The molecule has 3 aromatic rings. The molecule has 136 valence electrons. The molecule has 1 amide bonds. The molecule has 2 heterocycles. The molecule has 0 saturated heterocycles. The Bertz CT molecular complexity index is 833. The number of nitrogens with one attached hydrogen (secondary N) is 1. The number of hydrogen-bond donors (Lipinski definition) is 1. The van der Waals surface area contributed by atoms with E-state index in [2.05, 4.69) is 15.5 Å². The third-order valence-electron chi connectivity index (χ3n) is 3.79. The van der Waals surface area contributed by atoms with E-state index in [1.54, 1.807) is 18.4 Å². The van der Waals surface area contributed by atoms with Gasteiger partial charge in [-0.15, -0.1) is 0 Å². The maximum absolute atomic E-state index is 12.4. The summed E-state index contributed by atoms with van der Waals surface area (Å²) >= 11 is 0. The molecule has 0 aliphatic heterocycles. The number of hydrogen-bond acceptors (Lipinski definition) is 5. The van der Waals surface area contributed by atoms with Gasteiger partial charge in [-0.1, -0.05) is 56.3 Å². The highest BCUT2D eigenvalue weighted by molar-refractivity contribution is 5.77. The SMILES string of the molecule is CC(C)(C)CC(=O)N[C@@H](Cc1ccccc1)c1nc(-c2ccco2)no1. The molecule has 6 heteroatoms. The van der Waals surface area contributed by atoms with Crippen LogP contribution in [0.15, 0.2) is 57.7 Å².